The van der Waals surface area contributed by atoms with Crippen molar-refractivity contribution in [3.63, 3.8) is 0 Å². The molecule has 1 fully saturated rings. The molecule has 0 bridgehead atoms. The van der Waals surface area contributed by atoms with E-state index in [0.717, 1.165) is 28.3 Å². The normalized spacial score (nSPS) is 16.1. The lowest BCUT2D eigenvalue weighted by Gasteiger charge is -2.25. The molecule has 1 N–H and O–H groups in total. The second kappa shape index (κ2) is 6.75. The molecule has 0 radical (unpaired) electrons. The molecule has 1 aliphatic carbocycles. The molecule has 1 aliphatic rings. The molecule has 26 heavy (non-hydrogen) atoms. The lowest BCUT2D eigenvalue weighted by atomic mass is 9.91. The van der Waals surface area contributed by atoms with Gasteiger partial charge < -0.3 is 5.32 Å². The SMILES string of the molecule is CC(C)(C)c1cc(NC2CCCCC2)n2ncc(-c3ccccc3)c2n1. The first-order chi connectivity index (χ1) is 12.5. The van der Waals surface area contributed by atoms with Crippen LogP contribution < -0.4 is 5.32 Å². The summed E-state index contributed by atoms with van der Waals surface area (Å²) in [5.74, 6) is 1.06. The first kappa shape index (κ1) is 17.1. The minimum absolute atomic E-state index is 0.0109. The zero-order chi connectivity index (χ0) is 18.1. The molecule has 0 amide bonds. The smallest absolute Gasteiger partial charge is 0.165 e. The Balaban J connectivity index is 1.83. The van der Waals surface area contributed by atoms with Gasteiger partial charge in [-0.3, -0.25) is 0 Å². The summed E-state index contributed by atoms with van der Waals surface area (Å²) in [6, 6.07) is 13.1. The molecule has 0 saturated heterocycles. The predicted molar refractivity (Wildman–Crippen MR) is 108 cm³/mol. The van der Waals surface area contributed by atoms with Gasteiger partial charge in [-0.25, -0.2) is 4.98 Å². The van der Waals surface area contributed by atoms with E-state index in [0.29, 0.717) is 6.04 Å². The average Bonchev–Trinajstić information content (AvgIpc) is 3.07. The molecule has 2 aromatic heterocycles. The first-order valence-electron chi connectivity index (χ1n) is 9.73. The zero-order valence-electron chi connectivity index (χ0n) is 16.0. The Bertz CT molecular complexity index is 884. The Morgan fingerprint density at radius 2 is 1.77 bits per heavy atom. The van der Waals surface area contributed by atoms with E-state index in [1.807, 2.05) is 16.8 Å². The molecular weight excluding hydrogens is 320 g/mol. The van der Waals surface area contributed by atoms with Gasteiger partial charge in [0.05, 0.1) is 11.9 Å². The molecule has 0 atom stereocenters. The predicted octanol–water partition coefficient (Wildman–Crippen LogP) is 5.44. The highest BCUT2D eigenvalue weighted by Crippen LogP contribution is 2.30. The summed E-state index contributed by atoms with van der Waals surface area (Å²) < 4.78 is 1.98. The zero-order valence-corrected chi connectivity index (χ0v) is 16.0. The van der Waals surface area contributed by atoms with Crippen LogP contribution in [0.5, 0.6) is 0 Å². The number of anilines is 1. The monoisotopic (exact) mass is 348 g/mol. The van der Waals surface area contributed by atoms with Crippen LogP contribution in [0, 0.1) is 0 Å². The van der Waals surface area contributed by atoms with Gasteiger partial charge in [-0.1, -0.05) is 70.4 Å². The van der Waals surface area contributed by atoms with Crippen LogP contribution in [0.1, 0.15) is 58.6 Å². The van der Waals surface area contributed by atoms with E-state index in [9.17, 15) is 0 Å². The molecule has 136 valence electrons. The number of hydrogen-bond donors (Lipinski definition) is 1. The van der Waals surface area contributed by atoms with Crippen LogP contribution in [0.4, 0.5) is 5.82 Å². The van der Waals surface area contributed by atoms with Crippen LogP contribution in [0.25, 0.3) is 16.8 Å². The molecule has 4 rings (SSSR count). The van der Waals surface area contributed by atoms with E-state index in [1.165, 1.54) is 32.1 Å². The van der Waals surface area contributed by atoms with Gasteiger partial charge in [-0.2, -0.15) is 9.61 Å². The van der Waals surface area contributed by atoms with E-state index in [1.54, 1.807) is 0 Å². The number of benzene rings is 1. The standard InChI is InChI=1S/C22H28N4/c1-22(2,3)19-14-20(24-17-12-8-5-9-13-17)26-21(25-19)18(15-23-26)16-10-6-4-7-11-16/h4,6-7,10-11,14-15,17,24H,5,8-9,12-13H2,1-3H3. The van der Waals surface area contributed by atoms with E-state index in [-0.39, 0.29) is 5.41 Å². The molecular formula is C22H28N4. The second-order valence-electron chi connectivity index (χ2n) is 8.42. The lowest BCUT2D eigenvalue weighted by Crippen LogP contribution is -2.25. The number of aromatic nitrogens is 3. The Hall–Kier alpha value is -2.36. The van der Waals surface area contributed by atoms with Crippen molar-refractivity contribution in [1.82, 2.24) is 14.6 Å². The highest BCUT2D eigenvalue weighted by molar-refractivity contribution is 5.78. The summed E-state index contributed by atoms with van der Waals surface area (Å²) in [6.07, 6.45) is 8.40. The Morgan fingerprint density at radius 1 is 1.04 bits per heavy atom. The largest absolute Gasteiger partial charge is 0.367 e. The van der Waals surface area contributed by atoms with Crippen molar-refractivity contribution >= 4 is 11.5 Å². The highest BCUT2D eigenvalue weighted by atomic mass is 15.3. The number of nitrogens with zero attached hydrogens (tertiary/aromatic N) is 3. The van der Waals surface area contributed by atoms with Crippen molar-refractivity contribution in [3.8, 4) is 11.1 Å². The molecule has 1 saturated carbocycles. The van der Waals surface area contributed by atoms with Crippen LogP contribution in [-0.2, 0) is 5.41 Å². The Morgan fingerprint density at radius 3 is 2.46 bits per heavy atom. The third-order valence-corrected chi connectivity index (χ3v) is 5.28. The maximum Gasteiger partial charge on any atom is 0.165 e. The maximum absolute atomic E-state index is 5.00. The third-order valence-electron chi connectivity index (χ3n) is 5.28. The van der Waals surface area contributed by atoms with Crippen molar-refractivity contribution in [2.45, 2.75) is 64.3 Å². The average molecular weight is 348 g/mol. The van der Waals surface area contributed by atoms with Gasteiger partial charge in [0, 0.05) is 23.1 Å². The summed E-state index contributed by atoms with van der Waals surface area (Å²) in [6.45, 7) is 6.65. The van der Waals surface area contributed by atoms with Crippen molar-refractivity contribution in [1.29, 1.82) is 0 Å². The summed E-state index contributed by atoms with van der Waals surface area (Å²) in [7, 11) is 0. The molecule has 4 nitrogen and oxygen atoms in total. The van der Waals surface area contributed by atoms with Gasteiger partial charge in [-0.05, 0) is 18.4 Å². The molecule has 3 aromatic rings. The van der Waals surface area contributed by atoms with Gasteiger partial charge in [0.1, 0.15) is 5.82 Å². The van der Waals surface area contributed by atoms with Crippen LogP contribution in [0.15, 0.2) is 42.6 Å². The Kier molecular flexibility index (Phi) is 4.43. The van der Waals surface area contributed by atoms with Crippen molar-refractivity contribution in [2.24, 2.45) is 0 Å². The van der Waals surface area contributed by atoms with Crippen molar-refractivity contribution < 1.29 is 0 Å². The van der Waals surface area contributed by atoms with Crippen LogP contribution in [0.3, 0.4) is 0 Å². The summed E-state index contributed by atoms with van der Waals surface area (Å²) in [5, 5.41) is 8.44. The van der Waals surface area contributed by atoms with Crippen LogP contribution in [-0.4, -0.2) is 20.6 Å². The topological polar surface area (TPSA) is 42.2 Å². The molecule has 1 aromatic carbocycles. The maximum atomic E-state index is 5.00. The van der Waals surface area contributed by atoms with Gasteiger partial charge in [0.2, 0.25) is 0 Å². The minimum Gasteiger partial charge on any atom is -0.367 e. The second-order valence-corrected chi connectivity index (χ2v) is 8.42. The number of fused-ring (bicyclic) bond motifs is 1. The highest BCUT2D eigenvalue weighted by Gasteiger charge is 2.22. The van der Waals surface area contributed by atoms with E-state index in [2.05, 4.69) is 61.5 Å². The molecule has 0 spiro atoms. The quantitative estimate of drug-likeness (QED) is 0.685. The fraction of sp³-hybridized carbons (Fsp3) is 0.455. The minimum atomic E-state index is -0.0109. The van der Waals surface area contributed by atoms with Crippen molar-refractivity contribution in [2.75, 3.05) is 5.32 Å². The third kappa shape index (κ3) is 3.33. The van der Waals surface area contributed by atoms with Crippen LogP contribution >= 0.6 is 0 Å². The van der Waals surface area contributed by atoms with Gasteiger partial charge >= 0.3 is 0 Å². The van der Waals surface area contributed by atoms with E-state index in [4.69, 9.17) is 4.98 Å². The fourth-order valence-corrected chi connectivity index (χ4v) is 3.73. The summed E-state index contributed by atoms with van der Waals surface area (Å²) in [5.41, 5.74) is 4.26. The van der Waals surface area contributed by atoms with E-state index < -0.39 is 0 Å². The summed E-state index contributed by atoms with van der Waals surface area (Å²) in [4.78, 5) is 5.00. The molecule has 0 unspecified atom stereocenters. The number of hydrogen-bond acceptors (Lipinski definition) is 3. The van der Waals surface area contributed by atoms with E-state index >= 15 is 0 Å². The molecule has 4 heteroatoms. The lowest BCUT2D eigenvalue weighted by molar-refractivity contribution is 0.460. The fourth-order valence-electron chi connectivity index (χ4n) is 3.73. The van der Waals surface area contributed by atoms with Crippen LogP contribution in [0.2, 0.25) is 0 Å². The first-order valence-corrected chi connectivity index (χ1v) is 9.73. The molecule has 0 aliphatic heterocycles. The molecule has 2 heterocycles. The Labute approximate surface area is 155 Å². The number of nitrogens with one attached hydrogen (secondary N) is 1. The number of rotatable bonds is 3. The van der Waals surface area contributed by atoms with Crippen molar-refractivity contribution in [3.05, 3.63) is 48.3 Å². The summed E-state index contributed by atoms with van der Waals surface area (Å²) >= 11 is 0. The van der Waals surface area contributed by atoms with Gasteiger partial charge in [0.15, 0.2) is 5.65 Å². The van der Waals surface area contributed by atoms with Gasteiger partial charge in [0.25, 0.3) is 0 Å². The van der Waals surface area contributed by atoms with Gasteiger partial charge in [-0.15, -0.1) is 0 Å².